The van der Waals surface area contributed by atoms with Crippen molar-refractivity contribution >= 4 is 10.2 Å². The largest absolute Gasteiger partial charge is 0.379 e. The lowest BCUT2D eigenvalue weighted by Crippen LogP contribution is -2.51. The number of benzene rings is 1. The first-order valence-corrected chi connectivity index (χ1v) is 10.2. The van der Waals surface area contributed by atoms with Gasteiger partial charge in [-0.3, -0.25) is 0 Å². The van der Waals surface area contributed by atoms with Crippen molar-refractivity contribution in [2.45, 2.75) is 25.9 Å². The zero-order valence-electron chi connectivity index (χ0n) is 14.8. The third-order valence-electron chi connectivity index (χ3n) is 4.89. The standard InChI is InChI=1S/C17H23N5O3S/c1-14-12-21(26(23,24)20-7-9-25-10-8-20)13-17-19-18-16(22(14)17)11-15-5-3-2-4-6-15/h2-6,14H,7-13H2,1H3/t14-/m0/s1. The van der Waals surface area contributed by atoms with Crippen LogP contribution in [0.3, 0.4) is 0 Å². The maximum absolute atomic E-state index is 12.9. The van der Waals surface area contributed by atoms with Crippen molar-refractivity contribution in [3.8, 4) is 0 Å². The zero-order chi connectivity index (χ0) is 18.1. The number of ether oxygens (including phenoxy) is 1. The Morgan fingerprint density at radius 3 is 2.58 bits per heavy atom. The second-order valence-electron chi connectivity index (χ2n) is 6.73. The summed E-state index contributed by atoms with van der Waals surface area (Å²) in [6.07, 6.45) is 0.689. The molecule has 1 saturated heterocycles. The summed E-state index contributed by atoms with van der Waals surface area (Å²) in [5.41, 5.74) is 1.17. The summed E-state index contributed by atoms with van der Waals surface area (Å²) in [4.78, 5) is 0. The summed E-state index contributed by atoms with van der Waals surface area (Å²) >= 11 is 0. The molecule has 2 aliphatic heterocycles. The molecule has 0 saturated carbocycles. The number of hydrogen-bond donors (Lipinski definition) is 0. The molecule has 9 heteroatoms. The lowest BCUT2D eigenvalue weighted by atomic mass is 10.1. The number of nitrogens with zero attached hydrogens (tertiary/aromatic N) is 5. The molecule has 0 spiro atoms. The van der Waals surface area contributed by atoms with Crippen molar-refractivity contribution in [2.75, 3.05) is 32.8 Å². The zero-order valence-corrected chi connectivity index (χ0v) is 15.6. The molecular formula is C17H23N5O3S. The molecule has 26 heavy (non-hydrogen) atoms. The van der Waals surface area contributed by atoms with Gasteiger partial charge in [-0.05, 0) is 12.5 Å². The Balaban J connectivity index is 1.56. The van der Waals surface area contributed by atoms with E-state index in [4.69, 9.17) is 4.74 Å². The second kappa shape index (κ2) is 7.07. The van der Waals surface area contributed by atoms with Gasteiger partial charge in [0.05, 0.1) is 19.8 Å². The van der Waals surface area contributed by atoms with Crippen molar-refractivity contribution in [2.24, 2.45) is 0 Å². The fraction of sp³-hybridized carbons (Fsp3) is 0.529. The number of morpholine rings is 1. The predicted octanol–water partition coefficient (Wildman–Crippen LogP) is 0.823. The van der Waals surface area contributed by atoms with Crippen molar-refractivity contribution in [1.82, 2.24) is 23.4 Å². The molecule has 8 nitrogen and oxygen atoms in total. The van der Waals surface area contributed by atoms with Gasteiger partial charge in [0.15, 0.2) is 0 Å². The van der Waals surface area contributed by atoms with E-state index in [2.05, 4.69) is 26.9 Å². The summed E-state index contributed by atoms with van der Waals surface area (Å²) in [7, 11) is -3.50. The summed E-state index contributed by atoms with van der Waals surface area (Å²) in [6, 6.07) is 10.1. The topological polar surface area (TPSA) is 80.6 Å². The van der Waals surface area contributed by atoms with Gasteiger partial charge in [0.2, 0.25) is 0 Å². The first-order valence-electron chi connectivity index (χ1n) is 8.85. The van der Waals surface area contributed by atoms with E-state index in [-0.39, 0.29) is 12.6 Å². The Bertz CT molecular complexity index is 862. The molecule has 0 radical (unpaired) electrons. The van der Waals surface area contributed by atoms with Crippen LogP contribution in [0.4, 0.5) is 0 Å². The first kappa shape index (κ1) is 17.6. The molecule has 2 aliphatic rings. The normalized spacial score (nSPS) is 22.3. The Labute approximate surface area is 153 Å². The molecule has 3 heterocycles. The number of rotatable bonds is 4. The second-order valence-corrected chi connectivity index (χ2v) is 8.65. The van der Waals surface area contributed by atoms with Crippen molar-refractivity contribution in [3.63, 3.8) is 0 Å². The van der Waals surface area contributed by atoms with Crippen LogP contribution in [0.25, 0.3) is 0 Å². The van der Waals surface area contributed by atoms with Gasteiger partial charge >= 0.3 is 0 Å². The van der Waals surface area contributed by atoms with E-state index >= 15 is 0 Å². The van der Waals surface area contributed by atoms with Crippen LogP contribution < -0.4 is 0 Å². The molecule has 4 rings (SSSR count). The maximum Gasteiger partial charge on any atom is 0.282 e. The minimum atomic E-state index is -3.50. The van der Waals surface area contributed by atoms with Crippen LogP contribution in [0, 0.1) is 0 Å². The highest BCUT2D eigenvalue weighted by Gasteiger charge is 2.37. The lowest BCUT2D eigenvalue weighted by molar-refractivity contribution is 0.0692. The number of hydrogen-bond acceptors (Lipinski definition) is 5. The summed E-state index contributed by atoms with van der Waals surface area (Å²) in [5, 5.41) is 8.61. The molecule has 0 unspecified atom stereocenters. The highest BCUT2D eigenvalue weighted by atomic mass is 32.2. The van der Waals surface area contributed by atoms with Crippen molar-refractivity contribution in [3.05, 3.63) is 47.5 Å². The van der Waals surface area contributed by atoms with Crippen LogP contribution in [0.2, 0.25) is 0 Å². The third kappa shape index (κ3) is 3.27. The molecule has 0 aliphatic carbocycles. The first-order chi connectivity index (χ1) is 12.6. The molecule has 140 valence electrons. The van der Waals surface area contributed by atoms with Gasteiger partial charge in [-0.2, -0.15) is 17.0 Å². The molecule has 0 N–H and O–H groups in total. The van der Waals surface area contributed by atoms with Crippen LogP contribution in [0.1, 0.15) is 30.2 Å². The summed E-state index contributed by atoms with van der Waals surface area (Å²) in [5.74, 6) is 1.58. The van der Waals surface area contributed by atoms with Crippen LogP contribution in [-0.2, 0) is 27.9 Å². The summed E-state index contributed by atoms with van der Waals surface area (Å²) < 4.78 is 36.2. The lowest BCUT2D eigenvalue weighted by Gasteiger charge is -2.36. The predicted molar refractivity (Wildman–Crippen MR) is 95.7 cm³/mol. The molecule has 1 atom stereocenters. The van der Waals surface area contributed by atoms with Crippen molar-refractivity contribution in [1.29, 1.82) is 0 Å². The van der Waals surface area contributed by atoms with E-state index in [1.165, 1.54) is 14.2 Å². The minimum Gasteiger partial charge on any atom is -0.379 e. The number of fused-ring (bicyclic) bond motifs is 1. The Kier molecular flexibility index (Phi) is 4.78. The van der Waals surface area contributed by atoms with Crippen LogP contribution in [-0.4, -0.2) is 64.6 Å². The van der Waals surface area contributed by atoms with Gasteiger partial charge in [0, 0.05) is 32.1 Å². The monoisotopic (exact) mass is 377 g/mol. The average molecular weight is 377 g/mol. The Hall–Kier alpha value is -1.81. The summed E-state index contributed by atoms with van der Waals surface area (Å²) in [6.45, 7) is 4.39. The molecule has 1 aromatic carbocycles. The van der Waals surface area contributed by atoms with E-state index in [0.717, 1.165) is 5.82 Å². The smallest absolute Gasteiger partial charge is 0.282 e. The molecule has 0 bridgehead atoms. The SMILES string of the molecule is C[C@H]1CN(S(=O)(=O)N2CCOCC2)Cc2nnc(Cc3ccccc3)n21. The fourth-order valence-corrected chi connectivity index (χ4v) is 5.21. The van der Waals surface area contributed by atoms with Gasteiger partial charge in [0.25, 0.3) is 10.2 Å². The van der Waals surface area contributed by atoms with E-state index in [1.807, 2.05) is 25.1 Å². The minimum absolute atomic E-state index is 0.0109. The van der Waals surface area contributed by atoms with Crippen LogP contribution in [0.5, 0.6) is 0 Å². The molecular weight excluding hydrogens is 354 g/mol. The fourth-order valence-electron chi connectivity index (χ4n) is 3.59. The highest BCUT2D eigenvalue weighted by Crippen LogP contribution is 2.26. The molecule has 1 fully saturated rings. The van der Waals surface area contributed by atoms with Crippen LogP contribution >= 0.6 is 0 Å². The number of aromatic nitrogens is 3. The average Bonchev–Trinajstić information content (AvgIpc) is 3.06. The van der Waals surface area contributed by atoms with Gasteiger partial charge < -0.3 is 9.30 Å². The molecule has 1 aromatic heterocycles. The van der Waals surface area contributed by atoms with E-state index in [1.54, 1.807) is 0 Å². The third-order valence-corrected chi connectivity index (χ3v) is 6.84. The Morgan fingerprint density at radius 1 is 1.12 bits per heavy atom. The molecule has 2 aromatic rings. The molecule has 0 amide bonds. The van der Waals surface area contributed by atoms with Gasteiger partial charge in [0.1, 0.15) is 11.6 Å². The van der Waals surface area contributed by atoms with Crippen molar-refractivity contribution < 1.29 is 13.2 Å². The van der Waals surface area contributed by atoms with Gasteiger partial charge in [-0.15, -0.1) is 10.2 Å². The van der Waals surface area contributed by atoms with Gasteiger partial charge in [-0.1, -0.05) is 30.3 Å². The maximum atomic E-state index is 12.9. The van der Waals surface area contributed by atoms with E-state index in [0.29, 0.717) is 45.1 Å². The quantitative estimate of drug-likeness (QED) is 0.788. The van der Waals surface area contributed by atoms with E-state index in [9.17, 15) is 8.42 Å². The Morgan fingerprint density at radius 2 is 1.85 bits per heavy atom. The highest BCUT2D eigenvalue weighted by molar-refractivity contribution is 7.86. The van der Waals surface area contributed by atoms with Crippen LogP contribution in [0.15, 0.2) is 30.3 Å². The van der Waals surface area contributed by atoms with E-state index < -0.39 is 10.2 Å². The van der Waals surface area contributed by atoms with Gasteiger partial charge in [-0.25, -0.2) is 0 Å².